The van der Waals surface area contributed by atoms with E-state index >= 15 is 0 Å². The van der Waals surface area contributed by atoms with Gasteiger partial charge in [0, 0.05) is 45.3 Å². The van der Waals surface area contributed by atoms with Crippen LogP contribution in [0.2, 0.25) is 0 Å². The molecule has 0 saturated carbocycles. The minimum atomic E-state index is 0.0445. The molecule has 0 spiro atoms. The summed E-state index contributed by atoms with van der Waals surface area (Å²) >= 11 is 0. The van der Waals surface area contributed by atoms with Crippen LogP contribution >= 0.6 is 0 Å². The van der Waals surface area contributed by atoms with E-state index < -0.39 is 0 Å². The van der Waals surface area contributed by atoms with Gasteiger partial charge in [-0.05, 0) is 24.0 Å². The van der Waals surface area contributed by atoms with Gasteiger partial charge in [-0.25, -0.2) is 4.79 Å². The van der Waals surface area contributed by atoms with Crippen LogP contribution in [0.25, 0.3) is 0 Å². The minimum Gasteiger partial charge on any atom is -0.355 e. The lowest BCUT2D eigenvalue weighted by Crippen LogP contribution is -2.51. The summed E-state index contributed by atoms with van der Waals surface area (Å²) in [6.07, 6.45) is 3.93. The van der Waals surface area contributed by atoms with Crippen molar-refractivity contribution in [2.45, 2.75) is 32.0 Å². The van der Waals surface area contributed by atoms with E-state index in [2.05, 4.69) is 27.4 Å². The van der Waals surface area contributed by atoms with Gasteiger partial charge in [0.05, 0.1) is 6.20 Å². The van der Waals surface area contributed by atoms with Crippen LogP contribution in [0.5, 0.6) is 0 Å². The fourth-order valence-electron chi connectivity index (χ4n) is 3.72. The van der Waals surface area contributed by atoms with Crippen molar-refractivity contribution >= 4 is 11.8 Å². The molecule has 1 aromatic carbocycles. The predicted octanol–water partition coefficient (Wildman–Crippen LogP) is 2.11. The van der Waals surface area contributed by atoms with E-state index in [1.807, 2.05) is 41.0 Å². The quantitative estimate of drug-likeness (QED) is 0.920. The molecule has 0 aliphatic carbocycles. The van der Waals surface area contributed by atoms with Crippen molar-refractivity contribution in [3.63, 3.8) is 0 Å². The summed E-state index contributed by atoms with van der Waals surface area (Å²) < 4.78 is 1.89. The molecule has 1 fully saturated rings. The van der Waals surface area contributed by atoms with Crippen LogP contribution in [-0.2, 0) is 20.1 Å². The summed E-state index contributed by atoms with van der Waals surface area (Å²) in [5.74, 6) is 1.11. The van der Waals surface area contributed by atoms with Crippen LogP contribution in [0.4, 0.5) is 10.6 Å². The number of urea groups is 1. The van der Waals surface area contributed by atoms with Gasteiger partial charge in [0.1, 0.15) is 5.82 Å². The second-order valence-electron chi connectivity index (χ2n) is 6.67. The normalized spacial score (nSPS) is 20.1. The Labute approximate surface area is 142 Å². The first-order chi connectivity index (χ1) is 11.7. The highest BCUT2D eigenvalue weighted by atomic mass is 16.2. The Morgan fingerprint density at radius 2 is 1.96 bits per heavy atom. The fraction of sp³-hybridized carbons (Fsp3) is 0.444. The van der Waals surface area contributed by atoms with Crippen LogP contribution in [0, 0.1) is 0 Å². The van der Waals surface area contributed by atoms with Crippen molar-refractivity contribution in [1.82, 2.24) is 20.0 Å². The molecule has 0 bridgehead atoms. The molecule has 1 N–H and O–H groups in total. The summed E-state index contributed by atoms with van der Waals surface area (Å²) in [7, 11) is 1.96. The first kappa shape index (κ1) is 15.1. The zero-order valence-corrected chi connectivity index (χ0v) is 14.0. The van der Waals surface area contributed by atoms with Gasteiger partial charge in [-0.3, -0.25) is 4.68 Å². The van der Waals surface area contributed by atoms with Crippen molar-refractivity contribution in [3.05, 3.63) is 47.7 Å². The summed E-state index contributed by atoms with van der Waals surface area (Å²) in [6, 6.07) is 10.5. The number of rotatable bonds is 2. The average Bonchev–Trinajstić information content (AvgIpc) is 3.21. The molecule has 6 heteroatoms. The first-order valence-electron chi connectivity index (χ1n) is 8.56. The van der Waals surface area contributed by atoms with Crippen LogP contribution in [-0.4, -0.2) is 39.8 Å². The third kappa shape index (κ3) is 2.84. The fourth-order valence-corrected chi connectivity index (χ4v) is 3.72. The van der Waals surface area contributed by atoms with Crippen LogP contribution < -0.4 is 10.2 Å². The van der Waals surface area contributed by atoms with E-state index in [1.165, 1.54) is 11.1 Å². The van der Waals surface area contributed by atoms with Gasteiger partial charge >= 0.3 is 6.03 Å². The van der Waals surface area contributed by atoms with Crippen molar-refractivity contribution < 1.29 is 4.79 Å². The zero-order valence-electron chi connectivity index (χ0n) is 14.0. The Morgan fingerprint density at radius 3 is 2.62 bits per heavy atom. The third-order valence-electron chi connectivity index (χ3n) is 5.00. The molecule has 3 heterocycles. The number of aromatic nitrogens is 2. The van der Waals surface area contributed by atoms with Crippen molar-refractivity contribution in [3.8, 4) is 0 Å². The smallest absolute Gasteiger partial charge is 0.318 e. The molecular formula is C18H23N5O. The summed E-state index contributed by atoms with van der Waals surface area (Å²) in [4.78, 5) is 16.8. The maximum absolute atomic E-state index is 12.6. The average molecular weight is 325 g/mol. The molecule has 24 heavy (non-hydrogen) atoms. The molecule has 2 amide bonds. The summed E-state index contributed by atoms with van der Waals surface area (Å²) in [6.45, 7) is 3.27. The number of nitrogens with zero attached hydrogens (tertiary/aromatic N) is 4. The predicted molar refractivity (Wildman–Crippen MR) is 92.7 cm³/mol. The molecule has 2 aliphatic rings. The maximum Gasteiger partial charge on any atom is 0.318 e. The number of benzene rings is 1. The Balaban J connectivity index is 1.37. The number of hydrogen-bond donors (Lipinski definition) is 1. The van der Waals surface area contributed by atoms with Gasteiger partial charge in [-0.2, -0.15) is 5.10 Å². The van der Waals surface area contributed by atoms with E-state index in [1.54, 1.807) is 0 Å². The van der Waals surface area contributed by atoms with Gasteiger partial charge in [0.15, 0.2) is 0 Å². The molecule has 0 unspecified atom stereocenters. The Morgan fingerprint density at radius 1 is 1.21 bits per heavy atom. The summed E-state index contributed by atoms with van der Waals surface area (Å²) in [5, 5.41) is 7.47. The Bertz CT molecular complexity index is 716. The molecule has 6 nitrogen and oxygen atoms in total. The molecule has 0 radical (unpaired) electrons. The number of nitrogens with one attached hydrogen (secondary N) is 1. The highest BCUT2D eigenvalue weighted by Gasteiger charge is 2.27. The topological polar surface area (TPSA) is 53.4 Å². The van der Waals surface area contributed by atoms with Crippen LogP contribution in [0.1, 0.15) is 24.0 Å². The molecular weight excluding hydrogens is 302 g/mol. The number of fused-ring (bicyclic) bond motifs is 1. The number of amides is 2. The SMILES string of the molecule is Cn1nccc1N1CCC[C@H](NC(=O)N2Cc3ccccc3C2)C1. The molecule has 1 saturated heterocycles. The van der Waals surface area contributed by atoms with E-state index in [4.69, 9.17) is 0 Å². The number of piperidine rings is 1. The Kier molecular flexibility index (Phi) is 3.88. The van der Waals surface area contributed by atoms with Crippen molar-refractivity contribution in [2.24, 2.45) is 7.05 Å². The van der Waals surface area contributed by atoms with Crippen LogP contribution in [0.3, 0.4) is 0 Å². The number of hydrogen-bond acceptors (Lipinski definition) is 3. The lowest BCUT2D eigenvalue weighted by molar-refractivity contribution is 0.192. The highest BCUT2D eigenvalue weighted by molar-refractivity contribution is 5.75. The molecule has 1 atom stereocenters. The summed E-state index contributed by atoms with van der Waals surface area (Å²) in [5.41, 5.74) is 2.51. The van der Waals surface area contributed by atoms with Gasteiger partial charge in [-0.15, -0.1) is 0 Å². The van der Waals surface area contributed by atoms with E-state index in [9.17, 15) is 4.79 Å². The second kappa shape index (κ2) is 6.19. The van der Waals surface area contributed by atoms with E-state index in [-0.39, 0.29) is 12.1 Å². The Hall–Kier alpha value is -2.50. The molecule has 2 aromatic rings. The largest absolute Gasteiger partial charge is 0.355 e. The minimum absolute atomic E-state index is 0.0445. The van der Waals surface area contributed by atoms with Gasteiger partial charge < -0.3 is 15.1 Å². The second-order valence-corrected chi connectivity index (χ2v) is 6.67. The zero-order chi connectivity index (χ0) is 16.5. The molecule has 4 rings (SSSR count). The molecule has 126 valence electrons. The standard InChI is InChI=1S/C18H23N5O/c1-21-17(8-9-19-21)22-10-4-7-16(13-22)20-18(24)23-11-14-5-2-3-6-15(14)12-23/h2-3,5-6,8-9,16H,4,7,10-13H2,1H3,(H,20,24)/t16-/m0/s1. The van der Waals surface area contributed by atoms with E-state index in [0.717, 1.165) is 31.7 Å². The third-order valence-corrected chi connectivity index (χ3v) is 5.00. The van der Waals surface area contributed by atoms with E-state index in [0.29, 0.717) is 13.1 Å². The lowest BCUT2D eigenvalue weighted by Gasteiger charge is -2.35. The van der Waals surface area contributed by atoms with Gasteiger partial charge in [0.2, 0.25) is 0 Å². The maximum atomic E-state index is 12.6. The van der Waals surface area contributed by atoms with Crippen LogP contribution in [0.15, 0.2) is 36.5 Å². The van der Waals surface area contributed by atoms with Crippen molar-refractivity contribution in [1.29, 1.82) is 0 Å². The number of carbonyl (C=O) groups excluding carboxylic acids is 1. The highest BCUT2D eigenvalue weighted by Crippen LogP contribution is 2.23. The van der Waals surface area contributed by atoms with Crippen molar-refractivity contribution in [2.75, 3.05) is 18.0 Å². The molecule has 1 aromatic heterocycles. The molecule has 2 aliphatic heterocycles. The van der Waals surface area contributed by atoms with Gasteiger partial charge in [-0.1, -0.05) is 24.3 Å². The monoisotopic (exact) mass is 325 g/mol. The first-order valence-corrected chi connectivity index (χ1v) is 8.56. The number of aryl methyl sites for hydroxylation is 1. The number of anilines is 1. The van der Waals surface area contributed by atoms with Gasteiger partial charge in [0.25, 0.3) is 0 Å². The lowest BCUT2D eigenvalue weighted by atomic mass is 10.1. The number of carbonyl (C=O) groups is 1.